The molecule has 1 aliphatic rings. The van der Waals surface area contributed by atoms with Crippen LogP contribution in [0.25, 0.3) is 0 Å². The lowest BCUT2D eigenvalue weighted by atomic mass is 9.97. The van der Waals surface area contributed by atoms with Gasteiger partial charge in [0.1, 0.15) is 0 Å². The smallest absolute Gasteiger partial charge is 0.158 e. The summed E-state index contributed by atoms with van der Waals surface area (Å²) in [4.78, 5) is 0. The van der Waals surface area contributed by atoms with Crippen LogP contribution in [0.3, 0.4) is 0 Å². The van der Waals surface area contributed by atoms with E-state index in [1.165, 1.54) is 6.42 Å². The predicted molar refractivity (Wildman–Crippen MR) is 83.3 cm³/mol. The summed E-state index contributed by atoms with van der Waals surface area (Å²) in [7, 11) is -3.17. The van der Waals surface area contributed by atoms with Gasteiger partial charge in [-0.15, -0.1) is 0 Å². The molecule has 0 radical (unpaired) electrons. The van der Waals surface area contributed by atoms with Crippen LogP contribution in [0.1, 0.15) is 49.7 Å². The van der Waals surface area contributed by atoms with E-state index in [1.54, 1.807) is 0 Å². The maximum atomic E-state index is 12.7. The zero-order valence-electron chi connectivity index (χ0n) is 12.2. The van der Waals surface area contributed by atoms with Gasteiger partial charge in [0.05, 0.1) is 11.0 Å². The summed E-state index contributed by atoms with van der Waals surface area (Å²) in [5, 5.41) is -0.373. The first kappa shape index (κ1) is 15.5. The van der Waals surface area contributed by atoms with Crippen LogP contribution in [0.2, 0.25) is 0 Å². The molecule has 0 aromatic heterocycles. The summed E-state index contributed by atoms with van der Waals surface area (Å²) in [5.41, 5.74) is 8.09. The molecule has 0 amide bonds. The Hall–Kier alpha value is -0.870. The summed E-state index contributed by atoms with van der Waals surface area (Å²) >= 11 is 0. The molecule has 2 N–H and O–H groups in total. The summed E-state index contributed by atoms with van der Waals surface area (Å²) in [6.07, 6.45) is 5.89. The molecule has 1 aliphatic carbocycles. The lowest BCUT2D eigenvalue weighted by Gasteiger charge is -2.26. The Morgan fingerprint density at radius 2 is 1.75 bits per heavy atom. The molecule has 1 aromatic carbocycles. The molecule has 112 valence electrons. The van der Waals surface area contributed by atoms with Crippen LogP contribution in [0, 0.1) is 6.92 Å². The first-order valence-corrected chi connectivity index (χ1v) is 9.24. The molecule has 1 aromatic rings. The first-order chi connectivity index (χ1) is 9.50. The molecule has 0 spiro atoms. The third-order valence-corrected chi connectivity index (χ3v) is 6.55. The summed E-state index contributed by atoms with van der Waals surface area (Å²) in [5.74, 6) is 0.123. The fourth-order valence-corrected chi connectivity index (χ4v) is 5.19. The fourth-order valence-electron chi connectivity index (χ4n) is 3.02. The van der Waals surface area contributed by atoms with Gasteiger partial charge in [0, 0.05) is 6.04 Å². The Balaban J connectivity index is 2.17. The average molecular weight is 295 g/mol. The molecular formula is C16H25NO2S. The predicted octanol–water partition coefficient (Wildman–Crippen LogP) is 2.96. The largest absolute Gasteiger partial charge is 0.327 e. The minimum absolute atomic E-state index is 0.123. The number of hydrogen-bond donors (Lipinski definition) is 1. The van der Waals surface area contributed by atoms with Crippen molar-refractivity contribution in [2.24, 2.45) is 5.73 Å². The van der Waals surface area contributed by atoms with Gasteiger partial charge in [-0.2, -0.15) is 0 Å². The summed E-state index contributed by atoms with van der Waals surface area (Å²) in [6, 6.07) is 7.50. The van der Waals surface area contributed by atoms with Gasteiger partial charge in [0.2, 0.25) is 0 Å². The van der Waals surface area contributed by atoms with E-state index in [1.807, 2.05) is 31.2 Å². The van der Waals surface area contributed by atoms with E-state index in [4.69, 9.17) is 5.73 Å². The van der Waals surface area contributed by atoms with Crippen molar-refractivity contribution in [2.45, 2.75) is 62.5 Å². The number of hydrogen-bond acceptors (Lipinski definition) is 3. The third kappa shape index (κ3) is 3.83. The van der Waals surface area contributed by atoms with Crippen molar-refractivity contribution in [3.63, 3.8) is 0 Å². The van der Waals surface area contributed by atoms with Crippen LogP contribution in [-0.4, -0.2) is 19.7 Å². The van der Waals surface area contributed by atoms with Crippen molar-refractivity contribution in [3.05, 3.63) is 35.4 Å². The monoisotopic (exact) mass is 295 g/mol. The highest BCUT2D eigenvalue weighted by Gasteiger charge is 2.31. The Morgan fingerprint density at radius 1 is 1.10 bits per heavy atom. The standard InChI is InChI=1S/C16H25NO2S/c1-13-8-6-7-9-14(13)12-20(18,19)16-11-5-3-2-4-10-15(16)17/h6-9,15-16H,2-5,10-12,17H2,1H3. The van der Waals surface area contributed by atoms with Crippen molar-refractivity contribution in [3.8, 4) is 0 Å². The van der Waals surface area contributed by atoms with Crippen LogP contribution in [0.5, 0.6) is 0 Å². The molecule has 1 fully saturated rings. The highest BCUT2D eigenvalue weighted by molar-refractivity contribution is 7.91. The average Bonchev–Trinajstić information content (AvgIpc) is 2.36. The fraction of sp³-hybridized carbons (Fsp3) is 0.625. The topological polar surface area (TPSA) is 60.2 Å². The van der Waals surface area contributed by atoms with Crippen LogP contribution >= 0.6 is 0 Å². The lowest BCUT2D eigenvalue weighted by Crippen LogP contribution is -2.41. The maximum absolute atomic E-state index is 12.7. The molecule has 0 bridgehead atoms. The molecule has 0 saturated heterocycles. The van der Waals surface area contributed by atoms with Crippen molar-refractivity contribution < 1.29 is 8.42 Å². The van der Waals surface area contributed by atoms with Crippen molar-refractivity contribution in [2.75, 3.05) is 0 Å². The van der Waals surface area contributed by atoms with Crippen molar-refractivity contribution >= 4 is 9.84 Å². The molecule has 20 heavy (non-hydrogen) atoms. The second-order valence-corrected chi connectivity index (χ2v) is 8.15. The van der Waals surface area contributed by atoms with Crippen molar-refractivity contribution in [1.29, 1.82) is 0 Å². The van der Waals surface area contributed by atoms with Gasteiger partial charge in [0.25, 0.3) is 0 Å². The SMILES string of the molecule is Cc1ccccc1CS(=O)(=O)C1CCCCCCC1N. The molecule has 0 heterocycles. The molecule has 2 atom stereocenters. The van der Waals surface area contributed by atoms with Crippen LogP contribution in [0.4, 0.5) is 0 Å². The normalized spacial score (nSPS) is 24.9. The molecule has 1 saturated carbocycles. The minimum Gasteiger partial charge on any atom is -0.327 e. The number of rotatable bonds is 3. The number of nitrogens with two attached hydrogens (primary N) is 1. The van der Waals surface area contributed by atoms with E-state index in [2.05, 4.69) is 0 Å². The van der Waals surface area contributed by atoms with Gasteiger partial charge >= 0.3 is 0 Å². The molecule has 3 nitrogen and oxygen atoms in total. The summed E-state index contributed by atoms with van der Waals surface area (Å²) < 4.78 is 25.4. The summed E-state index contributed by atoms with van der Waals surface area (Å²) in [6.45, 7) is 1.96. The van der Waals surface area contributed by atoms with Gasteiger partial charge in [-0.25, -0.2) is 8.42 Å². The lowest BCUT2D eigenvalue weighted by molar-refractivity contribution is 0.443. The van der Waals surface area contributed by atoms with E-state index < -0.39 is 9.84 Å². The Labute approximate surface area is 122 Å². The quantitative estimate of drug-likeness (QED) is 0.932. The second kappa shape index (κ2) is 6.72. The third-order valence-electron chi connectivity index (χ3n) is 4.33. The number of aryl methyl sites for hydroxylation is 1. The van der Waals surface area contributed by atoms with E-state index in [9.17, 15) is 8.42 Å². The Morgan fingerprint density at radius 3 is 2.45 bits per heavy atom. The molecule has 2 rings (SSSR count). The highest BCUT2D eigenvalue weighted by atomic mass is 32.2. The van der Waals surface area contributed by atoms with Gasteiger partial charge < -0.3 is 5.73 Å². The van der Waals surface area contributed by atoms with E-state index in [-0.39, 0.29) is 17.0 Å². The van der Waals surface area contributed by atoms with Gasteiger partial charge in [0.15, 0.2) is 9.84 Å². The molecule has 2 unspecified atom stereocenters. The zero-order valence-corrected chi connectivity index (χ0v) is 13.0. The van der Waals surface area contributed by atoms with Crippen molar-refractivity contribution in [1.82, 2.24) is 0 Å². The van der Waals surface area contributed by atoms with E-state index >= 15 is 0 Å². The first-order valence-electron chi connectivity index (χ1n) is 7.52. The Kier molecular flexibility index (Phi) is 5.22. The molecular weight excluding hydrogens is 270 g/mol. The van der Waals surface area contributed by atoms with Gasteiger partial charge in [-0.1, -0.05) is 49.9 Å². The number of sulfone groups is 1. The van der Waals surface area contributed by atoms with Gasteiger partial charge in [-0.05, 0) is 30.9 Å². The Bertz CT molecular complexity index is 539. The number of benzene rings is 1. The van der Waals surface area contributed by atoms with Crippen LogP contribution in [-0.2, 0) is 15.6 Å². The minimum atomic E-state index is -3.17. The van der Waals surface area contributed by atoms with E-state index in [0.29, 0.717) is 0 Å². The highest BCUT2D eigenvalue weighted by Crippen LogP contribution is 2.25. The molecule has 0 aliphatic heterocycles. The molecule has 4 heteroatoms. The van der Waals surface area contributed by atoms with Crippen LogP contribution in [0.15, 0.2) is 24.3 Å². The van der Waals surface area contributed by atoms with Crippen LogP contribution < -0.4 is 5.73 Å². The maximum Gasteiger partial charge on any atom is 0.158 e. The van der Waals surface area contributed by atoms with E-state index in [0.717, 1.165) is 43.2 Å². The second-order valence-electron chi connectivity index (χ2n) is 5.93. The zero-order chi connectivity index (χ0) is 14.6. The van der Waals surface area contributed by atoms with Gasteiger partial charge in [-0.3, -0.25) is 0 Å².